The van der Waals surface area contributed by atoms with Gasteiger partial charge in [0.15, 0.2) is 0 Å². The van der Waals surface area contributed by atoms with Crippen LogP contribution in [0, 0.1) is 0 Å². The molecule has 2 heterocycles. The molecule has 4 rings (SSSR count). The Balaban J connectivity index is 1.53. The molecule has 0 bridgehead atoms. The number of ether oxygens (including phenoxy) is 1. The van der Waals surface area contributed by atoms with Gasteiger partial charge in [0.1, 0.15) is 5.54 Å². The van der Waals surface area contributed by atoms with Gasteiger partial charge in [-0.15, -0.1) is 0 Å². The summed E-state index contributed by atoms with van der Waals surface area (Å²) >= 11 is 0. The number of carbonyl (C=O) groups excluding carboxylic acids is 2. The molecule has 0 radical (unpaired) electrons. The van der Waals surface area contributed by atoms with Crippen LogP contribution in [0.1, 0.15) is 67.8 Å². The molecule has 0 aromatic heterocycles. The molecule has 1 aromatic carbocycles. The molecule has 1 atom stereocenters. The maximum Gasteiger partial charge on any atom is 0.255 e. The Bertz CT molecular complexity index is 769. The van der Waals surface area contributed by atoms with Crippen molar-refractivity contribution < 1.29 is 14.3 Å². The molecule has 1 saturated heterocycles. The van der Waals surface area contributed by atoms with Gasteiger partial charge in [-0.25, -0.2) is 0 Å². The minimum atomic E-state index is -0.861. The fourth-order valence-electron chi connectivity index (χ4n) is 5.28. The number of benzene rings is 1. The molecule has 2 aliphatic heterocycles. The van der Waals surface area contributed by atoms with E-state index >= 15 is 0 Å². The largest absolute Gasteiger partial charge is 0.379 e. The predicted molar refractivity (Wildman–Crippen MR) is 121 cm³/mol. The highest BCUT2D eigenvalue weighted by Gasteiger charge is 2.47. The monoisotopic (exact) mass is 427 g/mol. The second-order valence-electron chi connectivity index (χ2n) is 9.53. The minimum absolute atomic E-state index is 0.00269. The van der Waals surface area contributed by atoms with Crippen LogP contribution in [-0.4, -0.2) is 72.6 Å². The van der Waals surface area contributed by atoms with Gasteiger partial charge in [-0.2, -0.15) is 0 Å². The van der Waals surface area contributed by atoms with Crippen LogP contribution in [0.2, 0.25) is 0 Å². The van der Waals surface area contributed by atoms with E-state index in [1.54, 1.807) is 0 Å². The first-order valence-electron chi connectivity index (χ1n) is 12.1. The third-order valence-corrected chi connectivity index (χ3v) is 7.30. The van der Waals surface area contributed by atoms with Gasteiger partial charge in [-0.05, 0) is 31.4 Å². The molecule has 170 valence electrons. The maximum absolute atomic E-state index is 13.7. The summed E-state index contributed by atoms with van der Waals surface area (Å²) in [5.74, 6) is -0.0201. The van der Waals surface area contributed by atoms with Crippen LogP contribution in [0.15, 0.2) is 24.3 Å². The molecule has 3 aliphatic rings. The van der Waals surface area contributed by atoms with E-state index in [0.29, 0.717) is 13.0 Å². The minimum Gasteiger partial charge on any atom is -0.379 e. The van der Waals surface area contributed by atoms with Crippen molar-refractivity contribution in [1.82, 2.24) is 15.1 Å². The molecule has 0 unspecified atom stereocenters. The van der Waals surface area contributed by atoms with Gasteiger partial charge in [-0.1, -0.05) is 50.3 Å². The molecule has 6 heteroatoms. The Morgan fingerprint density at radius 3 is 2.48 bits per heavy atom. The van der Waals surface area contributed by atoms with Gasteiger partial charge in [0.05, 0.1) is 13.2 Å². The van der Waals surface area contributed by atoms with Gasteiger partial charge in [-0.3, -0.25) is 14.5 Å². The van der Waals surface area contributed by atoms with Crippen molar-refractivity contribution >= 4 is 11.8 Å². The van der Waals surface area contributed by atoms with E-state index < -0.39 is 5.54 Å². The Morgan fingerprint density at radius 2 is 1.74 bits per heavy atom. The molecule has 1 saturated carbocycles. The van der Waals surface area contributed by atoms with Crippen LogP contribution in [0.4, 0.5) is 0 Å². The Kier molecular flexibility index (Phi) is 7.28. The third kappa shape index (κ3) is 5.12. The molecule has 0 spiro atoms. The lowest BCUT2D eigenvalue weighted by Crippen LogP contribution is -2.64. The first-order valence-corrected chi connectivity index (χ1v) is 12.1. The molecule has 2 fully saturated rings. The Hall–Kier alpha value is -1.92. The van der Waals surface area contributed by atoms with E-state index in [-0.39, 0.29) is 17.9 Å². The van der Waals surface area contributed by atoms with Crippen LogP contribution >= 0.6 is 0 Å². The molecule has 6 nitrogen and oxygen atoms in total. The number of carbonyl (C=O) groups is 2. The van der Waals surface area contributed by atoms with Gasteiger partial charge >= 0.3 is 0 Å². The molecule has 1 aliphatic carbocycles. The lowest BCUT2D eigenvalue weighted by molar-refractivity contribution is -0.132. The molecule has 1 aromatic rings. The summed E-state index contributed by atoms with van der Waals surface area (Å²) in [7, 11) is 0. The average molecular weight is 428 g/mol. The molecular formula is C25H37N3O3. The zero-order valence-corrected chi connectivity index (χ0v) is 18.9. The standard InChI is InChI=1S/C25H37N3O3/c1-25(24(30)26-21-10-5-3-2-4-6-11-21)19-20-9-7-8-12-22(20)23(29)28(25)14-13-27-15-17-31-18-16-27/h7-9,12,21H,2-6,10-11,13-19H2,1H3,(H,26,30)/t25-/m0/s1. The second-order valence-corrected chi connectivity index (χ2v) is 9.53. The molecule has 1 N–H and O–H groups in total. The normalized spacial score (nSPS) is 26.1. The van der Waals surface area contributed by atoms with E-state index in [9.17, 15) is 9.59 Å². The van der Waals surface area contributed by atoms with Crippen molar-refractivity contribution in [2.75, 3.05) is 39.4 Å². The van der Waals surface area contributed by atoms with Crippen molar-refractivity contribution in [2.45, 2.75) is 69.9 Å². The zero-order chi connectivity index (χ0) is 21.7. The number of morpholine rings is 1. The van der Waals surface area contributed by atoms with E-state index in [1.807, 2.05) is 36.1 Å². The molecule has 2 amide bonds. The van der Waals surface area contributed by atoms with Gasteiger partial charge < -0.3 is 15.0 Å². The van der Waals surface area contributed by atoms with E-state index in [4.69, 9.17) is 4.74 Å². The van der Waals surface area contributed by atoms with E-state index in [2.05, 4.69) is 10.2 Å². The van der Waals surface area contributed by atoms with Gasteiger partial charge in [0.25, 0.3) is 5.91 Å². The first kappa shape index (κ1) is 22.3. The highest BCUT2D eigenvalue weighted by atomic mass is 16.5. The lowest BCUT2D eigenvalue weighted by Gasteiger charge is -2.45. The van der Waals surface area contributed by atoms with Crippen molar-refractivity contribution in [3.05, 3.63) is 35.4 Å². The van der Waals surface area contributed by atoms with Crippen LogP contribution in [0.3, 0.4) is 0 Å². The van der Waals surface area contributed by atoms with Crippen LogP contribution in [0.25, 0.3) is 0 Å². The van der Waals surface area contributed by atoms with E-state index in [1.165, 1.54) is 32.1 Å². The lowest BCUT2D eigenvalue weighted by atomic mass is 9.82. The second kappa shape index (κ2) is 10.1. The van der Waals surface area contributed by atoms with Crippen molar-refractivity contribution in [2.24, 2.45) is 0 Å². The number of rotatable bonds is 5. The van der Waals surface area contributed by atoms with Crippen LogP contribution in [0.5, 0.6) is 0 Å². The van der Waals surface area contributed by atoms with E-state index in [0.717, 1.165) is 56.8 Å². The number of hydrogen-bond donors (Lipinski definition) is 1. The summed E-state index contributed by atoms with van der Waals surface area (Å²) in [5, 5.41) is 3.35. The predicted octanol–water partition coefficient (Wildman–Crippen LogP) is 3.00. The Labute approximate surface area is 186 Å². The SMILES string of the molecule is C[C@@]1(C(=O)NC2CCCCCCC2)Cc2ccccc2C(=O)N1CCN1CCOCC1. The fourth-order valence-corrected chi connectivity index (χ4v) is 5.28. The number of amides is 2. The van der Waals surface area contributed by atoms with Crippen LogP contribution < -0.4 is 5.32 Å². The van der Waals surface area contributed by atoms with Gasteiger partial charge in [0.2, 0.25) is 5.91 Å². The fraction of sp³-hybridized carbons (Fsp3) is 0.680. The third-order valence-electron chi connectivity index (χ3n) is 7.30. The quantitative estimate of drug-likeness (QED) is 0.785. The summed E-state index contributed by atoms with van der Waals surface area (Å²) in [5.41, 5.74) is 0.853. The molecular weight excluding hydrogens is 390 g/mol. The highest BCUT2D eigenvalue weighted by molar-refractivity contribution is 6.02. The maximum atomic E-state index is 13.7. The smallest absolute Gasteiger partial charge is 0.255 e. The summed E-state index contributed by atoms with van der Waals surface area (Å²) in [6, 6.07) is 7.98. The number of fused-ring (bicyclic) bond motifs is 1. The summed E-state index contributed by atoms with van der Waals surface area (Å²) in [4.78, 5) is 31.3. The number of nitrogens with zero attached hydrogens (tertiary/aromatic N) is 2. The highest BCUT2D eigenvalue weighted by Crippen LogP contribution is 2.32. The van der Waals surface area contributed by atoms with Crippen LogP contribution in [-0.2, 0) is 16.0 Å². The average Bonchev–Trinajstić information content (AvgIpc) is 2.76. The first-order chi connectivity index (χ1) is 15.1. The summed E-state index contributed by atoms with van der Waals surface area (Å²) < 4.78 is 5.46. The van der Waals surface area contributed by atoms with Crippen molar-refractivity contribution in [3.63, 3.8) is 0 Å². The Morgan fingerprint density at radius 1 is 1.06 bits per heavy atom. The van der Waals surface area contributed by atoms with Gasteiger partial charge in [0, 0.05) is 44.2 Å². The number of hydrogen-bond acceptors (Lipinski definition) is 4. The number of nitrogens with one attached hydrogen (secondary N) is 1. The van der Waals surface area contributed by atoms with Crippen molar-refractivity contribution in [1.29, 1.82) is 0 Å². The van der Waals surface area contributed by atoms with Crippen molar-refractivity contribution in [3.8, 4) is 0 Å². The topological polar surface area (TPSA) is 61.9 Å². The summed E-state index contributed by atoms with van der Waals surface area (Å²) in [6.45, 7) is 6.50. The summed E-state index contributed by atoms with van der Waals surface area (Å²) in [6.07, 6.45) is 8.80. The molecule has 31 heavy (non-hydrogen) atoms. The zero-order valence-electron chi connectivity index (χ0n) is 18.9.